The quantitative estimate of drug-likeness (QED) is 0.678. The third kappa shape index (κ3) is 2.91. The van der Waals surface area contributed by atoms with Crippen LogP contribution in [0.1, 0.15) is 10.4 Å². The van der Waals surface area contributed by atoms with Crippen LogP contribution in [0, 0.1) is 10.1 Å². The number of rotatable bonds is 4. The van der Waals surface area contributed by atoms with Crippen LogP contribution >= 0.6 is 15.9 Å². The van der Waals surface area contributed by atoms with Gasteiger partial charge in [0.2, 0.25) is 0 Å². The minimum atomic E-state index is -1.14. The number of carboxylic acid groups (broad SMARTS) is 1. The van der Waals surface area contributed by atoms with E-state index in [0.29, 0.717) is 0 Å². The maximum atomic E-state index is 10.8. The fourth-order valence-corrected chi connectivity index (χ4v) is 1.93. The Morgan fingerprint density at radius 3 is 2.80 bits per heavy atom. The van der Waals surface area contributed by atoms with Crippen LogP contribution in [0.2, 0.25) is 0 Å². The van der Waals surface area contributed by atoms with Crippen molar-refractivity contribution >= 4 is 27.6 Å². The molecule has 0 aliphatic carbocycles. The standard InChI is InChI=1S/C12H7BrN2O5/c13-11-9(15(18)19)2-1-3-10(11)20-8-4-7(12(16)17)5-14-6-8/h1-6H,(H,16,17). The number of hydrogen-bond acceptors (Lipinski definition) is 5. The molecule has 2 rings (SSSR count). The van der Waals surface area contributed by atoms with Crippen molar-refractivity contribution in [3.05, 3.63) is 56.8 Å². The van der Waals surface area contributed by atoms with Crippen LogP contribution in [0.25, 0.3) is 0 Å². The first kappa shape index (κ1) is 13.9. The van der Waals surface area contributed by atoms with Gasteiger partial charge in [0.25, 0.3) is 5.69 Å². The summed E-state index contributed by atoms with van der Waals surface area (Å²) in [4.78, 5) is 24.8. The Balaban J connectivity index is 2.35. The van der Waals surface area contributed by atoms with Gasteiger partial charge < -0.3 is 9.84 Å². The third-order valence-corrected chi connectivity index (χ3v) is 3.12. The van der Waals surface area contributed by atoms with Gasteiger partial charge in [-0.15, -0.1) is 0 Å². The molecule has 8 heteroatoms. The van der Waals surface area contributed by atoms with Crippen LogP contribution in [0.15, 0.2) is 41.1 Å². The highest BCUT2D eigenvalue weighted by atomic mass is 79.9. The van der Waals surface area contributed by atoms with Crippen molar-refractivity contribution in [3.63, 3.8) is 0 Å². The minimum Gasteiger partial charge on any atom is -0.478 e. The summed E-state index contributed by atoms with van der Waals surface area (Å²) in [6.07, 6.45) is 2.50. The number of benzene rings is 1. The Bertz CT molecular complexity index is 689. The highest BCUT2D eigenvalue weighted by molar-refractivity contribution is 9.10. The Morgan fingerprint density at radius 1 is 1.40 bits per heavy atom. The van der Waals surface area contributed by atoms with E-state index in [1.165, 1.54) is 36.7 Å². The van der Waals surface area contributed by atoms with E-state index in [1.54, 1.807) is 0 Å². The van der Waals surface area contributed by atoms with Gasteiger partial charge >= 0.3 is 5.97 Å². The van der Waals surface area contributed by atoms with Crippen LogP contribution in [0.3, 0.4) is 0 Å². The number of pyridine rings is 1. The number of aromatic carboxylic acids is 1. The molecule has 0 amide bonds. The normalized spacial score (nSPS) is 10.1. The summed E-state index contributed by atoms with van der Waals surface area (Å²) >= 11 is 3.08. The summed E-state index contributed by atoms with van der Waals surface area (Å²) in [7, 11) is 0. The number of nitrogens with zero attached hydrogens (tertiary/aromatic N) is 2. The van der Waals surface area contributed by atoms with Crippen molar-refractivity contribution in [2.45, 2.75) is 0 Å². The Kier molecular flexibility index (Phi) is 3.94. The van der Waals surface area contributed by atoms with Gasteiger partial charge in [-0.1, -0.05) is 6.07 Å². The molecule has 0 saturated carbocycles. The van der Waals surface area contributed by atoms with Gasteiger partial charge in [-0.3, -0.25) is 15.1 Å². The number of aromatic nitrogens is 1. The molecule has 102 valence electrons. The van der Waals surface area contributed by atoms with E-state index >= 15 is 0 Å². The fraction of sp³-hybridized carbons (Fsp3) is 0. The predicted octanol–water partition coefficient (Wildman–Crippen LogP) is 3.24. The van der Waals surface area contributed by atoms with E-state index in [2.05, 4.69) is 20.9 Å². The van der Waals surface area contributed by atoms with Crippen molar-refractivity contribution in [3.8, 4) is 11.5 Å². The lowest BCUT2D eigenvalue weighted by atomic mass is 10.3. The average Bonchev–Trinajstić information content (AvgIpc) is 2.41. The second-order valence-electron chi connectivity index (χ2n) is 3.66. The Hall–Kier alpha value is -2.48. The number of nitro benzene ring substituents is 1. The Morgan fingerprint density at radius 2 is 2.15 bits per heavy atom. The summed E-state index contributed by atoms with van der Waals surface area (Å²) in [6, 6.07) is 5.58. The lowest BCUT2D eigenvalue weighted by Gasteiger charge is -2.07. The molecule has 1 aromatic carbocycles. The van der Waals surface area contributed by atoms with Crippen molar-refractivity contribution in [2.75, 3.05) is 0 Å². The van der Waals surface area contributed by atoms with Crippen molar-refractivity contribution in [1.29, 1.82) is 0 Å². The molecule has 0 unspecified atom stereocenters. The summed E-state index contributed by atoms with van der Waals surface area (Å²) in [5.74, 6) is -0.768. The molecule has 0 saturated heterocycles. The number of carbonyl (C=O) groups is 1. The summed E-state index contributed by atoms with van der Waals surface area (Å²) in [5.41, 5.74) is -0.186. The summed E-state index contributed by atoms with van der Waals surface area (Å²) in [6.45, 7) is 0. The zero-order chi connectivity index (χ0) is 14.7. The van der Waals surface area contributed by atoms with Crippen LogP contribution in [0.5, 0.6) is 11.5 Å². The lowest BCUT2D eigenvalue weighted by molar-refractivity contribution is -0.385. The van der Waals surface area contributed by atoms with Crippen LogP contribution < -0.4 is 4.74 Å². The SMILES string of the molecule is O=C(O)c1cncc(Oc2cccc([N+](=O)[O-])c2Br)c1. The van der Waals surface area contributed by atoms with Gasteiger partial charge in [0.15, 0.2) is 0 Å². The molecule has 0 bridgehead atoms. The Labute approximate surface area is 121 Å². The molecule has 7 nitrogen and oxygen atoms in total. The molecule has 1 N–H and O–H groups in total. The van der Waals surface area contributed by atoms with Crippen LogP contribution in [0.4, 0.5) is 5.69 Å². The molecule has 2 aromatic rings. The third-order valence-electron chi connectivity index (χ3n) is 2.33. The van der Waals surface area contributed by atoms with Crippen molar-refractivity contribution in [1.82, 2.24) is 4.98 Å². The molecular weight excluding hydrogens is 332 g/mol. The first-order chi connectivity index (χ1) is 9.49. The maximum Gasteiger partial charge on any atom is 0.337 e. The van der Waals surface area contributed by atoms with E-state index in [0.717, 1.165) is 0 Å². The van der Waals surface area contributed by atoms with Gasteiger partial charge in [-0.2, -0.15) is 0 Å². The van der Waals surface area contributed by atoms with Crippen LogP contribution in [-0.2, 0) is 0 Å². The number of nitro groups is 1. The van der Waals surface area contributed by atoms with Crippen LogP contribution in [-0.4, -0.2) is 21.0 Å². The highest BCUT2D eigenvalue weighted by Crippen LogP contribution is 2.36. The second kappa shape index (κ2) is 5.66. The predicted molar refractivity (Wildman–Crippen MR) is 72.1 cm³/mol. The molecule has 20 heavy (non-hydrogen) atoms. The van der Waals surface area contributed by atoms with E-state index in [-0.39, 0.29) is 27.2 Å². The average molecular weight is 339 g/mol. The fourth-order valence-electron chi connectivity index (χ4n) is 1.44. The zero-order valence-corrected chi connectivity index (χ0v) is 11.4. The van der Waals surface area contributed by atoms with Gasteiger partial charge in [-0.05, 0) is 28.1 Å². The van der Waals surface area contributed by atoms with Gasteiger partial charge in [-0.25, -0.2) is 4.79 Å². The molecule has 0 aliphatic rings. The minimum absolute atomic E-state index is 0.0379. The van der Waals surface area contributed by atoms with E-state index < -0.39 is 10.9 Å². The molecule has 0 fully saturated rings. The van der Waals surface area contributed by atoms with Crippen molar-refractivity contribution in [2.24, 2.45) is 0 Å². The smallest absolute Gasteiger partial charge is 0.337 e. The van der Waals surface area contributed by atoms with E-state index in [4.69, 9.17) is 9.84 Å². The van der Waals surface area contributed by atoms with Gasteiger partial charge in [0.05, 0.1) is 16.7 Å². The molecular formula is C12H7BrN2O5. The number of halogens is 1. The summed E-state index contributed by atoms with van der Waals surface area (Å²) in [5, 5.41) is 19.7. The lowest BCUT2D eigenvalue weighted by Crippen LogP contribution is -1.98. The van der Waals surface area contributed by atoms with E-state index in [9.17, 15) is 14.9 Å². The topological polar surface area (TPSA) is 103 Å². The molecule has 0 atom stereocenters. The van der Waals surface area contributed by atoms with E-state index in [1.807, 2.05) is 0 Å². The zero-order valence-electron chi connectivity index (χ0n) is 9.82. The molecule has 0 spiro atoms. The number of ether oxygens (including phenoxy) is 1. The molecule has 1 heterocycles. The molecule has 0 aliphatic heterocycles. The molecule has 0 radical (unpaired) electrons. The first-order valence-electron chi connectivity index (χ1n) is 5.28. The van der Waals surface area contributed by atoms with Gasteiger partial charge in [0.1, 0.15) is 16.0 Å². The number of carboxylic acids is 1. The maximum absolute atomic E-state index is 10.8. The second-order valence-corrected chi connectivity index (χ2v) is 4.46. The molecule has 1 aromatic heterocycles. The first-order valence-corrected chi connectivity index (χ1v) is 6.07. The van der Waals surface area contributed by atoms with Crippen molar-refractivity contribution < 1.29 is 19.6 Å². The summed E-state index contributed by atoms with van der Waals surface area (Å²) < 4.78 is 5.59. The largest absolute Gasteiger partial charge is 0.478 e. The monoisotopic (exact) mass is 338 g/mol. The number of hydrogen-bond donors (Lipinski definition) is 1. The highest BCUT2D eigenvalue weighted by Gasteiger charge is 2.16. The van der Waals surface area contributed by atoms with Gasteiger partial charge in [0, 0.05) is 12.3 Å².